The van der Waals surface area contributed by atoms with Crippen molar-refractivity contribution in [1.82, 2.24) is 5.32 Å². The summed E-state index contributed by atoms with van der Waals surface area (Å²) in [5, 5.41) is 12.5. The smallest absolute Gasteiger partial charge is 0.251 e. The number of phenolic OH excluding ortho intramolecular Hbond substituents is 1. The molecule has 0 atom stereocenters. The average Bonchev–Trinajstić information content (AvgIpc) is 2.23. The Hall–Kier alpha value is -1.51. The molecule has 1 aliphatic carbocycles. The van der Waals surface area contributed by atoms with Crippen LogP contribution in [0.5, 0.6) is 5.75 Å². The second kappa shape index (κ2) is 4.40. The van der Waals surface area contributed by atoms with E-state index in [1.807, 2.05) is 6.92 Å². The third kappa shape index (κ3) is 2.28. The Balaban J connectivity index is 2.14. The van der Waals surface area contributed by atoms with Gasteiger partial charge in [0, 0.05) is 11.1 Å². The molecule has 0 heterocycles. The SMILES string of the molecule is CCC1(NC(=O)c2ccc(O)cc2C)CCC1. The van der Waals surface area contributed by atoms with Gasteiger partial charge >= 0.3 is 0 Å². The highest BCUT2D eigenvalue weighted by molar-refractivity contribution is 5.96. The Labute approximate surface area is 102 Å². The Kier molecular flexibility index (Phi) is 3.09. The van der Waals surface area contributed by atoms with Gasteiger partial charge in [-0.3, -0.25) is 4.79 Å². The molecule has 0 saturated heterocycles. The van der Waals surface area contributed by atoms with Gasteiger partial charge in [0.15, 0.2) is 0 Å². The van der Waals surface area contributed by atoms with E-state index in [0.29, 0.717) is 5.56 Å². The van der Waals surface area contributed by atoms with Gasteiger partial charge in [0.1, 0.15) is 5.75 Å². The maximum atomic E-state index is 12.2. The van der Waals surface area contributed by atoms with Crippen LogP contribution in [0.15, 0.2) is 18.2 Å². The summed E-state index contributed by atoms with van der Waals surface area (Å²) in [7, 11) is 0. The fourth-order valence-corrected chi connectivity index (χ4v) is 2.38. The number of carbonyl (C=O) groups is 1. The third-order valence-electron chi connectivity index (χ3n) is 3.82. The van der Waals surface area contributed by atoms with Gasteiger partial charge in [0.2, 0.25) is 0 Å². The summed E-state index contributed by atoms with van der Waals surface area (Å²) in [6, 6.07) is 4.86. The molecule has 3 nitrogen and oxygen atoms in total. The van der Waals surface area contributed by atoms with Crippen molar-refractivity contribution in [2.75, 3.05) is 0 Å². The number of carbonyl (C=O) groups excluding carboxylic acids is 1. The van der Waals surface area contributed by atoms with Gasteiger partial charge in [-0.25, -0.2) is 0 Å². The van der Waals surface area contributed by atoms with E-state index in [-0.39, 0.29) is 17.2 Å². The summed E-state index contributed by atoms with van der Waals surface area (Å²) in [5.74, 6) is 0.178. The number of phenols is 1. The van der Waals surface area contributed by atoms with Crippen molar-refractivity contribution in [2.24, 2.45) is 0 Å². The maximum Gasteiger partial charge on any atom is 0.251 e. The van der Waals surface area contributed by atoms with Gasteiger partial charge < -0.3 is 10.4 Å². The minimum Gasteiger partial charge on any atom is -0.508 e. The molecule has 1 aromatic carbocycles. The van der Waals surface area contributed by atoms with Crippen LogP contribution in [0.25, 0.3) is 0 Å². The molecule has 0 unspecified atom stereocenters. The molecular formula is C14H19NO2. The van der Waals surface area contributed by atoms with Crippen LogP contribution in [-0.2, 0) is 0 Å². The minimum atomic E-state index is -0.0240. The maximum absolute atomic E-state index is 12.2. The Morgan fingerprint density at radius 1 is 1.47 bits per heavy atom. The summed E-state index contributed by atoms with van der Waals surface area (Å²) < 4.78 is 0. The van der Waals surface area contributed by atoms with Crippen LogP contribution in [0.4, 0.5) is 0 Å². The van der Waals surface area contributed by atoms with E-state index in [1.54, 1.807) is 18.2 Å². The van der Waals surface area contributed by atoms with E-state index < -0.39 is 0 Å². The molecule has 0 bridgehead atoms. The van der Waals surface area contributed by atoms with Crippen LogP contribution < -0.4 is 5.32 Å². The topological polar surface area (TPSA) is 49.3 Å². The molecule has 2 rings (SSSR count). The number of hydrogen-bond acceptors (Lipinski definition) is 2. The van der Waals surface area contributed by atoms with E-state index in [1.165, 1.54) is 6.42 Å². The fourth-order valence-electron chi connectivity index (χ4n) is 2.38. The number of aryl methyl sites for hydroxylation is 1. The van der Waals surface area contributed by atoms with Crippen molar-refractivity contribution >= 4 is 5.91 Å². The molecule has 0 spiro atoms. The second-order valence-corrected chi connectivity index (χ2v) is 4.94. The van der Waals surface area contributed by atoms with Crippen LogP contribution in [-0.4, -0.2) is 16.6 Å². The van der Waals surface area contributed by atoms with Gasteiger partial charge in [-0.2, -0.15) is 0 Å². The first-order chi connectivity index (χ1) is 8.06. The van der Waals surface area contributed by atoms with Crippen LogP contribution in [0.3, 0.4) is 0 Å². The molecule has 2 N–H and O–H groups in total. The Bertz CT molecular complexity index is 430. The molecule has 3 heteroatoms. The van der Waals surface area contributed by atoms with E-state index >= 15 is 0 Å². The minimum absolute atomic E-state index is 0.0153. The van der Waals surface area contributed by atoms with Gasteiger partial charge in [-0.1, -0.05) is 6.92 Å². The fraction of sp³-hybridized carbons (Fsp3) is 0.500. The predicted octanol–water partition coefficient (Wildman–Crippen LogP) is 2.76. The third-order valence-corrected chi connectivity index (χ3v) is 3.82. The molecule has 17 heavy (non-hydrogen) atoms. The number of aromatic hydroxyl groups is 1. The lowest BCUT2D eigenvalue weighted by atomic mass is 9.74. The van der Waals surface area contributed by atoms with Crippen LogP contribution in [0.1, 0.15) is 48.5 Å². The normalized spacial score (nSPS) is 17.3. The van der Waals surface area contributed by atoms with Crippen molar-refractivity contribution in [3.63, 3.8) is 0 Å². The molecule has 1 fully saturated rings. The quantitative estimate of drug-likeness (QED) is 0.843. The number of benzene rings is 1. The first kappa shape index (κ1) is 12.0. The van der Waals surface area contributed by atoms with Crippen molar-refractivity contribution < 1.29 is 9.90 Å². The lowest BCUT2D eigenvalue weighted by molar-refractivity contribution is 0.0820. The monoisotopic (exact) mass is 233 g/mol. The van der Waals surface area contributed by atoms with Crippen molar-refractivity contribution in [2.45, 2.75) is 45.1 Å². The molecule has 0 radical (unpaired) electrons. The Morgan fingerprint density at radius 2 is 2.18 bits per heavy atom. The van der Waals surface area contributed by atoms with Gasteiger partial charge in [-0.15, -0.1) is 0 Å². The molecule has 92 valence electrons. The van der Waals surface area contributed by atoms with Crippen LogP contribution >= 0.6 is 0 Å². The summed E-state index contributed by atoms with van der Waals surface area (Å²) in [4.78, 5) is 12.2. The summed E-state index contributed by atoms with van der Waals surface area (Å²) in [5.41, 5.74) is 1.48. The molecule has 0 aromatic heterocycles. The number of rotatable bonds is 3. The standard InChI is InChI=1S/C14H19NO2/c1-3-14(7-4-8-14)15-13(17)12-6-5-11(16)9-10(12)2/h5-6,9,16H,3-4,7-8H2,1-2H3,(H,15,17). The molecule has 1 saturated carbocycles. The predicted molar refractivity (Wildman–Crippen MR) is 67.2 cm³/mol. The van der Waals surface area contributed by atoms with Crippen LogP contribution in [0, 0.1) is 6.92 Å². The summed E-state index contributed by atoms with van der Waals surface area (Å²) in [6.07, 6.45) is 4.33. The molecule has 0 aliphatic heterocycles. The zero-order valence-electron chi connectivity index (χ0n) is 10.4. The Morgan fingerprint density at radius 3 is 2.65 bits per heavy atom. The van der Waals surface area contributed by atoms with Gasteiger partial charge in [-0.05, 0) is 56.4 Å². The zero-order valence-corrected chi connectivity index (χ0v) is 10.4. The van der Waals surface area contributed by atoms with Crippen molar-refractivity contribution in [1.29, 1.82) is 0 Å². The van der Waals surface area contributed by atoms with E-state index in [0.717, 1.165) is 24.8 Å². The molecule has 1 aliphatic rings. The van der Waals surface area contributed by atoms with Crippen LogP contribution in [0.2, 0.25) is 0 Å². The first-order valence-electron chi connectivity index (χ1n) is 6.18. The van der Waals surface area contributed by atoms with E-state index in [9.17, 15) is 9.90 Å². The summed E-state index contributed by atoms with van der Waals surface area (Å²) in [6.45, 7) is 3.96. The van der Waals surface area contributed by atoms with Crippen molar-refractivity contribution in [3.8, 4) is 5.75 Å². The highest BCUT2D eigenvalue weighted by Gasteiger charge is 2.36. The highest BCUT2D eigenvalue weighted by Crippen LogP contribution is 2.35. The second-order valence-electron chi connectivity index (χ2n) is 4.94. The average molecular weight is 233 g/mol. The lowest BCUT2D eigenvalue weighted by Gasteiger charge is -2.42. The molecule has 1 amide bonds. The largest absolute Gasteiger partial charge is 0.508 e. The number of amides is 1. The molecule has 1 aromatic rings. The van der Waals surface area contributed by atoms with E-state index in [4.69, 9.17) is 0 Å². The zero-order chi connectivity index (χ0) is 12.5. The van der Waals surface area contributed by atoms with Gasteiger partial charge in [0.05, 0.1) is 0 Å². The summed E-state index contributed by atoms with van der Waals surface area (Å²) >= 11 is 0. The van der Waals surface area contributed by atoms with E-state index in [2.05, 4.69) is 12.2 Å². The van der Waals surface area contributed by atoms with Crippen molar-refractivity contribution in [3.05, 3.63) is 29.3 Å². The first-order valence-corrected chi connectivity index (χ1v) is 6.18. The highest BCUT2D eigenvalue weighted by atomic mass is 16.3. The lowest BCUT2D eigenvalue weighted by Crippen LogP contribution is -2.53. The number of nitrogens with one attached hydrogen (secondary N) is 1. The van der Waals surface area contributed by atoms with Gasteiger partial charge in [0.25, 0.3) is 5.91 Å². The molecular weight excluding hydrogens is 214 g/mol. The number of hydrogen-bond donors (Lipinski definition) is 2.